The molecule has 7 heteroatoms. The molecule has 1 atom stereocenters. The monoisotopic (exact) mass is 267 g/mol. The maximum atomic E-state index is 11.6. The Morgan fingerprint density at radius 2 is 2.11 bits per heavy atom. The van der Waals surface area contributed by atoms with Gasteiger partial charge in [0.05, 0.1) is 0 Å². The lowest BCUT2D eigenvalue weighted by molar-refractivity contribution is -0.121. The molecule has 2 amide bonds. The van der Waals surface area contributed by atoms with Gasteiger partial charge in [-0.25, -0.2) is 4.98 Å². The topological polar surface area (TPSA) is 99.8 Å². The molecule has 0 saturated carbocycles. The molecule has 0 aliphatic rings. The van der Waals surface area contributed by atoms with Gasteiger partial charge in [0, 0.05) is 25.4 Å². The maximum absolute atomic E-state index is 11.6. The third-order valence-electron chi connectivity index (χ3n) is 2.73. The number of aromatic amines is 1. The van der Waals surface area contributed by atoms with Gasteiger partial charge < -0.3 is 10.6 Å². The van der Waals surface area contributed by atoms with E-state index < -0.39 is 0 Å². The smallest absolute Gasteiger partial charge is 0.290 e. The standard InChI is InChI=1S/C12H21N5O2/c1-4-8(3)14-10(18)6-7-13-12(19)11-15-9(5-2)16-17-11/h8H,4-7H2,1-3H3,(H,13,19)(H,14,18)(H,15,16,17). The van der Waals surface area contributed by atoms with E-state index in [2.05, 4.69) is 25.8 Å². The summed E-state index contributed by atoms with van der Waals surface area (Å²) in [4.78, 5) is 27.1. The summed E-state index contributed by atoms with van der Waals surface area (Å²) in [6.07, 6.45) is 1.83. The number of nitrogens with one attached hydrogen (secondary N) is 3. The van der Waals surface area contributed by atoms with E-state index in [1.807, 2.05) is 20.8 Å². The molecular formula is C12H21N5O2. The molecule has 106 valence electrons. The van der Waals surface area contributed by atoms with Crippen LogP contribution in [0.25, 0.3) is 0 Å². The van der Waals surface area contributed by atoms with Gasteiger partial charge in [-0.15, -0.1) is 5.10 Å². The molecule has 0 aliphatic heterocycles. The lowest BCUT2D eigenvalue weighted by Crippen LogP contribution is -2.35. The molecule has 0 aromatic carbocycles. The lowest BCUT2D eigenvalue weighted by atomic mass is 10.2. The number of hydrogen-bond acceptors (Lipinski definition) is 4. The summed E-state index contributed by atoms with van der Waals surface area (Å²) in [6.45, 7) is 6.14. The maximum Gasteiger partial charge on any atom is 0.290 e. The van der Waals surface area contributed by atoms with Crippen LogP contribution in [0.1, 0.15) is 50.1 Å². The first-order valence-electron chi connectivity index (χ1n) is 6.55. The van der Waals surface area contributed by atoms with Crippen LogP contribution < -0.4 is 10.6 Å². The van der Waals surface area contributed by atoms with Crippen molar-refractivity contribution in [3.63, 3.8) is 0 Å². The number of aryl methyl sites for hydroxylation is 1. The van der Waals surface area contributed by atoms with Gasteiger partial charge in [-0.05, 0) is 13.3 Å². The Bertz CT molecular complexity index is 430. The van der Waals surface area contributed by atoms with Gasteiger partial charge >= 0.3 is 0 Å². The third kappa shape index (κ3) is 5.07. The van der Waals surface area contributed by atoms with Crippen molar-refractivity contribution in [1.82, 2.24) is 25.8 Å². The Morgan fingerprint density at radius 3 is 2.68 bits per heavy atom. The number of rotatable bonds is 7. The minimum Gasteiger partial charge on any atom is -0.354 e. The molecule has 1 unspecified atom stereocenters. The Hall–Kier alpha value is -1.92. The van der Waals surface area contributed by atoms with Crippen LogP contribution in [0.2, 0.25) is 0 Å². The van der Waals surface area contributed by atoms with Crippen molar-refractivity contribution in [2.24, 2.45) is 0 Å². The van der Waals surface area contributed by atoms with E-state index in [4.69, 9.17) is 0 Å². The van der Waals surface area contributed by atoms with E-state index in [1.54, 1.807) is 0 Å². The van der Waals surface area contributed by atoms with Crippen LogP contribution in [0, 0.1) is 0 Å². The number of amides is 2. The van der Waals surface area contributed by atoms with Gasteiger partial charge in [0.25, 0.3) is 5.91 Å². The highest BCUT2D eigenvalue weighted by atomic mass is 16.2. The van der Waals surface area contributed by atoms with Gasteiger partial charge in [-0.3, -0.25) is 14.7 Å². The van der Waals surface area contributed by atoms with Gasteiger partial charge in [-0.1, -0.05) is 13.8 Å². The molecule has 3 N–H and O–H groups in total. The van der Waals surface area contributed by atoms with Crippen LogP contribution in [-0.2, 0) is 11.2 Å². The van der Waals surface area contributed by atoms with Crippen molar-refractivity contribution in [3.05, 3.63) is 11.6 Å². The fraction of sp³-hybridized carbons (Fsp3) is 0.667. The van der Waals surface area contributed by atoms with E-state index in [0.717, 1.165) is 6.42 Å². The average molecular weight is 267 g/mol. The van der Waals surface area contributed by atoms with Crippen molar-refractivity contribution in [1.29, 1.82) is 0 Å². The molecule has 1 aromatic rings. The Morgan fingerprint density at radius 1 is 1.37 bits per heavy atom. The Kier molecular flexibility index (Phi) is 5.98. The number of nitrogens with zero attached hydrogens (tertiary/aromatic N) is 2. The van der Waals surface area contributed by atoms with E-state index in [1.165, 1.54) is 0 Å². The van der Waals surface area contributed by atoms with E-state index in [9.17, 15) is 9.59 Å². The third-order valence-corrected chi connectivity index (χ3v) is 2.73. The second-order valence-electron chi connectivity index (χ2n) is 4.34. The summed E-state index contributed by atoms with van der Waals surface area (Å²) in [5.41, 5.74) is 0. The summed E-state index contributed by atoms with van der Waals surface area (Å²) in [6, 6.07) is 0.156. The van der Waals surface area contributed by atoms with Crippen molar-refractivity contribution >= 4 is 11.8 Å². The number of carbonyl (C=O) groups excluding carboxylic acids is 2. The first-order chi connectivity index (χ1) is 9.06. The second-order valence-corrected chi connectivity index (χ2v) is 4.34. The highest BCUT2D eigenvalue weighted by Crippen LogP contribution is 1.94. The first kappa shape index (κ1) is 15.1. The summed E-state index contributed by atoms with van der Waals surface area (Å²) in [7, 11) is 0. The van der Waals surface area contributed by atoms with Gasteiger partial charge in [0.2, 0.25) is 11.7 Å². The molecule has 19 heavy (non-hydrogen) atoms. The van der Waals surface area contributed by atoms with Crippen LogP contribution in [0.3, 0.4) is 0 Å². The SMILES string of the molecule is CCc1nc(C(=O)NCCC(=O)NC(C)CC)n[nH]1. The zero-order valence-corrected chi connectivity index (χ0v) is 11.6. The van der Waals surface area contributed by atoms with Crippen LogP contribution in [0.15, 0.2) is 0 Å². The minimum absolute atomic E-state index is 0.0705. The second kappa shape index (κ2) is 7.50. The fourth-order valence-corrected chi connectivity index (χ4v) is 1.37. The van der Waals surface area contributed by atoms with Gasteiger partial charge in [-0.2, -0.15) is 0 Å². The van der Waals surface area contributed by atoms with Gasteiger partial charge in [0.15, 0.2) is 0 Å². The predicted octanol–water partition coefficient (Wildman–Crippen LogP) is 0.402. The number of H-pyrrole nitrogens is 1. The van der Waals surface area contributed by atoms with Crippen molar-refractivity contribution in [2.75, 3.05) is 6.54 Å². The molecular weight excluding hydrogens is 246 g/mol. The molecule has 0 aliphatic carbocycles. The van der Waals surface area contributed by atoms with Crippen LogP contribution in [0.4, 0.5) is 0 Å². The average Bonchev–Trinajstić information content (AvgIpc) is 2.87. The normalized spacial score (nSPS) is 11.9. The summed E-state index contributed by atoms with van der Waals surface area (Å²) in [5.74, 6) is 0.338. The molecule has 0 spiro atoms. The highest BCUT2D eigenvalue weighted by molar-refractivity contribution is 5.90. The van der Waals surface area contributed by atoms with Crippen molar-refractivity contribution in [3.8, 4) is 0 Å². The molecule has 0 fully saturated rings. The molecule has 1 rings (SSSR count). The molecule has 7 nitrogen and oxygen atoms in total. The van der Waals surface area contributed by atoms with Crippen molar-refractivity contribution < 1.29 is 9.59 Å². The largest absolute Gasteiger partial charge is 0.354 e. The number of hydrogen-bond donors (Lipinski definition) is 3. The van der Waals surface area contributed by atoms with Gasteiger partial charge in [0.1, 0.15) is 5.82 Å². The zero-order chi connectivity index (χ0) is 14.3. The minimum atomic E-state index is -0.368. The first-order valence-corrected chi connectivity index (χ1v) is 6.55. The molecule has 0 bridgehead atoms. The highest BCUT2D eigenvalue weighted by Gasteiger charge is 2.12. The quantitative estimate of drug-likeness (QED) is 0.666. The molecule has 1 aromatic heterocycles. The van der Waals surface area contributed by atoms with E-state index >= 15 is 0 Å². The zero-order valence-electron chi connectivity index (χ0n) is 11.6. The van der Waals surface area contributed by atoms with Crippen molar-refractivity contribution in [2.45, 2.75) is 46.1 Å². The molecule has 0 radical (unpaired) electrons. The summed E-state index contributed by atoms with van der Waals surface area (Å²) in [5, 5.41) is 11.9. The molecule has 1 heterocycles. The Labute approximate surface area is 112 Å². The van der Waals surface area contributed by atoms with Crippen LogP contribution in [0.5, 0.6) is 0 Å². The number of carbonyl (C=O) groups is 2. The summed E-state index contributed by atoms with van der Waals surface area (Å²) >= 11 is 0. The lowest BCUT2D eigenvalue weighted by Gasteiger charge is -2.11. The fourth-order valence-electron chi connectivity index (χ4n) is 1.37. The number of aromatic nitrogens is 3. The van der Waals surface area contributed by atoms with E-state index in [-0.39, 0.29) is 36.6 Å². The molecule has 0 saturated heterocycles. The Balaban J connectivity index is 2.29. The van der Waals surface area contributed by atoms with Crippen LogP contribution >= 0.6 is 0 Å². The van der Waals surface area contributed by atoms with E-state index in [0.29, 0.717) is 12.2 Å². The summed E-state index contributed by atoms with van der Waals surface area (Å²) < 4.78 is 0. The predicted molar refractivity (Wildman–Crippen MR) is 70.6 cm³/mol. The van der Waals surface area contributed by atoms with Crippen LogP contribution in [-0.4, -0.2) is 39.6 Å².